The lowest BCUT2D eigenvalue weighted by atomic mass is 10.2. The molecule has 0 aromatic carbocycles. The maximum Gasteiger partial charge on any atom is 0.151 e. The van der Waals surface area contributed by atoms with Crippen LogP contribution in [-0.4, -0.2) is 12.6 Å². The van der Waals surface area contributed by atoms with E-state index >= 15 is 0 Å². The molecule has 2 aromatic rings. The quantitative estimate of drug-likeness (QED) is 0.748. The van der Waals surface area contributed by atoms with Gasteiger partial charge in [-0.3, -0.25) is 9.59 Å². The van der Waals surface area contributed by atoms with Crippen LogP contribution in [0, 0.1) is 0 Å². The maximum absolute atomic E-state index is 10.7. The lowest BCUT2D eigenvalue weighted by Crippen LogP contribution is -1.81. The molecule has 2 heterocycles. The molecule has 0 aliphatic heterocycles. The van der Waals surface area contributed by atoms with Crippen LogP contribution in [0.4, 0.5) is 0 Å². The van der Waals surface area contributed by atoms with Crippen molar-refractivity contribution in [2.45, 2.75) is 0 Å². The Labute approximate surface area is 88.8 Å². The second-order valence-electron chi connectivity index (χ2n) is 2.65. The zero-order valence-corrected chi connectivity index (χ0v) is 8.73. The number of thiophene rings is 2. The summed E-state index contributed by atoms with van der Waals surface area (Å²) in [6, 6.07) is 3.53. The van der Waals surface area contributed by atoms with Crippen molar-refractivity contribution in [3.8, 4) is 9.75 Å². The van der Waals surface area contributed by atoms with Crippen molar-refractivity contribution in [3.05, 3.63) is 34.0 Å². The molecule has 70 valence electrons. The zero-order chi connectivity index (χ0) is 9.97. The lowest BCUT2D eigenvalue weighted by Gasteiger charge is -1.94. The summed E-state index contributed by atoms with van der Waals surface area (Å²) in [4.78, 5) is 23.2. The first kappa shape index (κ1) is 9.30. The molecule has 0 saturated carbocycles. The van der Waals surface area contributed by atoms with Gasteiger partial charge in [0.05, 0.1) is 9.75 Å². The van der Waals surface area contributed by atoms with Crippen LogP contribution in [-0.2, 0) is 0 Å². The van der Waals surface area contributed by atoms with Crippen molar-refractivity contribution in [2.75, 3.05) is 0 Å². The molecule has 0 fully saturated rings. The minimum Gasteiger partial charge on any atom is -0.298 e. The summed E-state index contributed by atoms with van der Waals surface area (Å²) < 4.78 is 0. The van der Waals surface area contributed by atoms with Crippen LogP contribution in [0.15, 0.2) is 22.9 Å². The molecule has 4 heteroatoms. The third-order valence-electron chi connectivity index (χ3n) is 1.85. The Morgan fingerprint density at radius 1 is 0.857 bits per heavy atom. The number of aldehydes is 2. The van der Waals surface area contributed by atoms with Gasteiger partial charge in [0.2, 0.25) is 0 Å². The fourth-order valence-corrected chi connectivity index (χ4v) is 3.14. The Balaban J connectivity index is 2.59. The van der Waals surface area contributed by atoms with Gasteiger partial charge in [-0.15, -0.1) is 22.7 Å². The molecular formula is C10H6O2S2. The van der Waals surface area contributed by atoms with Gasteiger partial charge in [-0.25, -0.2) is 0 Å². The molecule has 0 saturated heterocycles. The van der Waals surface area contributed by atoms with Crippen molar-refractivity contribution >= 4 is 35.2 Å². The highest BCUT2D eigenvalue weighted by atomic mass is 32.1. The average molecular weight is 222 g/mol. The van der Waals surface area contributed by atoms with Gasteiger partial charge in [0.15, 0.2) is 12.6 Å². The molecule has 0 radical (unpaired) electrons. The molecular weight excluding hydrogens is 216 g/mol. The highest BCUT2D eigenvalue weighted by molar-refractivity contribution is 7.21. The van der Waals surface area contributed by atoms with Gasteiger partial charge in [-0.05, 0) is 22.9 Å². The smallest absolute Gasteiger partial charge is 0.151 e. The van der Waals surface area contributed by atoms with E-state index < -0.39 is 0 Å². The molecule has 0 unspecified atom stereocenters. The molecule has 0 spiro atoms. The van der Waals surface area contributed by atoms with Gasteiger partial charge in [-0.2, -0.15) is 0 Å². The van der Waals surface area contributed by atoms with Gasteiger partial charge >= 0.3 is 0 Å². The third kappa shape index (κ3) is 1.42. The number of carbonyl (C=O) groups is 2. The standard InChI is InChI=1S/C10H6O2S2/c11-5-7-1-3-13-9(7)10-8(6-12)2-4-14-10/h1-6H. The molecule has 0 aliphatic carbocycles. The lowest BCUT2D eigenvalue weighted by molar-refractivity contribution is 0.111. The Kier molecular flexibility index (Phi) is 2.56. The maximum atomic E-state index is 10.7. The molecule has 0 bridgehead atoms. The summed E-state index contributed by atoms with van der Waals surface area (Å²) in [5.41, 5.74) is 1.31. The first-order valence-corrected chi connectivity index (χ1v) is 5.68. The van der Waals surface area contributed by atoms with Crippen LogP contribution >= 0.6 is 22.7 Å². The van der Waals surface area contributed by atoms with E-state index in [0.29, 0.717) is 11.1 Å². The molecule has 14 heavy (non-hydrogen) atoms. The highest BCUT2D eigenvalue weighted by Crippen LogP contribution is 2.34. The number of rotatable bonds is 3. The summed E-state index contributed by atoms with van der Waals surface area (Å²) in [5, 5.41) is 3.71. The molecule has 2 aromatic heterocycles. The van der Waals surface area contributed by atoms with E-state index in [1.165, 1.54) is 22.7 Å². The van der Waals surface area contributed by atoms with E-state index in [1.807, 2.05) is 10.8 Å². The Hall–Kier alpha value is -1.26. The Bertz CT molecular complexity index is 424. The average Bonchev–Trinajstić information content (AvgIpc) is 2.85. The Morgan fingerprint density at radius 3 is 1.64 bits per heavy atom. The van der Waals surface area contributed by atoms with Gasteiger partial charge < -0.3 is 0 Å². The predicted molar refractivity (Wildman–Crippen MR) is 58.4 cm³/mol. The molecule has 0 aliphatic rings. The van der Waals surface area contributed by atoms with Crippen LogP contribution in [0.2, 0.25) is 0 Å². The normalized spacial score (nSPS) is 10.0. The second-order valence-corrected chi connectivity index (χ2v) is 4.48. The van der Waals surface area contributed by atoms with Crippen molar-refractivity contribution in [1.29, 1.82) is 0 Å². The summed E-state index contributed by atoms with van der Waals surface area (Å²) in [7, 11) is 0. The van der Waals surface area contributed by atoms with Crippen molar-refractivity contribution in [1.82, 2.24) is 0 Å². The van der Waals surface area contributed by atoms with Gasteiger partial charge in [0, 0.05) is 11.1 Å². The van der Waals surface area contributed by atoms with E-state index in [2.05, 4.69) is 0 Å². The first-order valence-electron chi connectivity index (χ1n) is 3.92. The number of hydrogen-bond donors (Lipinski definition) is 0. The van der Waals surface area contributed by atoms with Gasteiger partial charge in [-0.1, -0.05) is 0 Å². The zero-order valence-electron chi connectivity index (χ0n) is 7.10. The third-order valence-corrected chi connectivity index (χ3v) is 3.88. The SMILES string of the molecule is O=Cc1ccsc1-c1sccc1C=O. The van der Waals surface area contributed by atoms with Crippen LogP contribution in [0.25, 0.3) is 9.75 Å². The van der Waals surface area contributed by atoms with Gasteiger partial charge in [0.25, 0.3) is 0 Å². The molecule has 2 rings (SSSR count). The van der Waals surface area contributed by atoms with E-state index in [0.717, 1.165) is 22.3 Å². The van der Waals surface area contributed by atoms with Crippen molar-refractivity contribution < 1.29 is 9.59 Å². The van der Waals surface area contributed by atoms with Crippen LogP contribution in [0.1, 0.15) is 20.7 Å². The topological polar surface area (TPSA) is 34.1 Å². The Morgan fingerprint density at radius 2 is 1.29 bits per heavy atom. The minimum atomic E-state index is 0.653. The minimum absolute atomic E-state index is 0.653. The fourth-order valence-electron chi connectivity index (χ4n) is 1.19. The summed E-state index contributed by atoms with van der Waals surface area (Å²) in [5.74, 6) is 0. The summed E-state index contributed by atoms with van der Waals surface area (Å²) in [6.07, 6.45) is 1.64. The van der Waals surface area contributed by atoms with Crippen molar-refractivity contribution in [2.24, 2.45) is 0 Å². The van der Waals surface area contributed by atoms with Gasteiger partial charge in [0.1, 0.15) is 0 Å². The number of carbonyl (C=O) groups excluding carboxylic acids is 2. The van der Waals surface area contributed by atoms with E-state index in [-0.39, 0.29) is 0 Å². The second kappa shape index (κ2) is 3.86. The molecule has 0 amide bonds. The van der Waals surface area contributed by atoms with E-state index in [4.69, 9.17) is 0 Å². The molecule has 0 N–H and O–H groups in total. The summed E-state index contributed by atoms with van der Waals surface area (Å²) in [6.45, 7) is 0. The molecule has 2 nitrogen and oxygen atoms in total. The predicted octanol–water partition coefficient (Wildman–Crippen LogP) is 3.10. The van der Waals surface area contributed by atoms with E-state index in [1.54, 1.807) is 12.1 Å². The van der Waals surface area contributed by atoms with Crippen LogP contribution < -0.4 is 0 Å². The first-order chi connectivity index (χ1) is 6.86. The number of hydrogen-bond acceptors (Lipinski definition) is 4. The van der Waals surface area contributed by atoms with Crippen LogP contribution in [0.3, 0.4) is 0 Å². The molecule has 0 atom stereocenters. The highest BCUT2D eigenvalue weighted by Gasteiger charge is 2.11. The van der Waals surface area contributed by atoms with Crippen LogP contribution in [0.5, 0.6) is 0 Å². The summed E-state index contributed by atoms with van der Waals surface area (Å²) >= 11 is 2.96. The van der Waals surface area contributed by atoms with E-state index in [9.17, 15) is 9.59 Å². The largest absolute Gasteiger partial charge is 0.298 e. The van der Waals surface area contributed by atoms with Crippen molar-refractivity contribution in [3.63, 3.8) is 0 Å². The monoisotopic (exact) mass is 222 g/mol. The fraction of sp³-hybridized carbons (Fsp3) is 0.